The second kappa shape index (κ2) is 13.8. The molecule has 0 bridgehead atoms. The fourth-order valence-corrected chi connectivity index (χ4v) is 5.46. The van der Waals surface area contributed by atoms with Gasteiger partial charge in [-0.15, -0.1) is 18.3 Å². The molecule has 3 amide bonds. The third kappa shape index (κ3) is 8.20. The lowest BCUT2D eigenvalue weighted by Crippen LogP contribution is -2.32. The van der Waals surface area contributed by atoms with Crippen molar-refractivity contribution in [2.75, 3.05) is 24.3 Å². The standard InChI is InChI=1S/C31H29F3N6O4S/c1-20-17-25(43-2)14-15-26(20)40-27(41)18-45-30(40)37-29(42)35-16-4-3-5-21-6-8-22(9-7-21)28-36-19-39(38-28)23-10-12-24(13-11-23)44-31(32,33)34/h6-15,17,19H,3-5,16,18H2,1-2H3,(H,35,42). The van der Waals surface area contributed by atoms with Crippen molar-refractivity contribution in [3.8, 4) is 28.6 Å². The molecule has 4 aromatic rings. The maximum atomic E-state index is 12.5. The highest BCUT2D eigenvalue weighted by atomic mass is 32.2. The summed E-state index contributed by atoms with van der Waals surface area (Å²) in [5.74, 6) is 0.922. The van der Waals surface area contributed by atoms with E-state index in [4.69, 9.17) is 4.74 Å². The number of aromatic nitrogens is 3. The molecule has 0 saturated carbocycles. The first-order valence-electron chi connectivity index (χ1n) is 13.9. The second-order valence-electron chi connectivity index (χ2n) is 10.0. The molecule has 2 heterocycles. The highest BCUT2D eigenvalue weighted by molar-refractivity contribution is 8.15. The van der Waals surface area contributed by atoms with Gasteiger partial charge in [0.15, 0.2) is 11.0 Å². The third-order valence-corrected chi connectivity index (χ3v) is 7.74. The number of benzene rings is 3. The summed E-state index contributed by atoms with van der Waals surface area (Å²) < 4.78 is 47.8. The van der Waals surface area contributed by atoms with Gasteiger partial charge < -0.3 is 14.8 Å². The fraction of sp³-hybridized carbons (Fsp3) is 0.258. The van der Waals surface area contributed by atoms with E-state index in [0.29, 0.717) is 34.7 Å². The van der Waals surface area contributed by atoms with E-state index in [1.807, 2.05) is 37.3 Å². The first kappa shape index (κ1) is 31.6. The predicted octanol–water partition coefficient (Wildman–Crippen LogP) is 6.32. The molecule has 1 aliphatic rings. The fourth-order valence-electron chi connectivity index (χ4n) is 4.60. The second-order valence-corrected chi connectivity index (χ2v) is 10.9. The number of carbonyl (C=O) groups is 2. The highest BCUT2D eigenvalue weighted by Crippen LogP contribution is 2.31. The van der Waals surface area contributed by atoms with E-state index >= 15 is 0 Å². The average molecular weight is 639 g/mol. The molecule has 5 rings (SSSR count). The van der Waals surface area contributed by atoms with Crippen molar-refractivity contribution >= 4 is 34.6 Å². The molecule has 45 heavy (non-hydrogen) atoms. The van der Waals surface area contributed by atoms with Crippen LogP contribution in [0.3, 0.4) is 0 Å². The first-order valence-corrected chi connectivity index (χ1v) is 14.9. The number of methoxy groups -OCH3 is 1. The van der Waals surface area contributed by atoms with Crippen LogP contribution in [0.2, 0.25) is 0 Å². The number of carbonyl (C=O) groups excluding carboxylic acids is 2. The van der Waals surface area contributed by atoms with Gasteiger partial charge in [0, 0.05) is 12.1 Å². The summed E-state index contributed by atoms with van der Waals surface area (Å²) in [6.45, 7) is 2.31. The molecular weight excluding hydrogens is 609 g/mol. The van der Waals surface area contributed by atoms with Gasteiger partial charge in [0.1, 0.15) is 17.8 Å². The maximum Gasteiger partial charge on any atom is 0.573 e. The number of rotatable bonds is 10. The Bertz CT molecular complexity index is 1690. The van der Waals surface area contributed by atoms with E-state index in [0.717, 1.165) is 36.0 Å². The SMILES string of the molecule is COc1ccc(N2C(=O)CSC2=NC(=O)NCCCCc2ccc(-c3ncn(-c4ccc(OC(F)(F)F)cc4)n3)cc2)c(C)c1. The van der Waals surface area contributed by atoms with Gasteiger partial charge in [-0.3, -0.25) is 9.69 Å². The Morgan fingerprint density at radius 3 is 2.47 bits per heavy atom. The molecule has 1 aliphatic heterocycles. The Balaban J connectivity index is 1.08. The van der Waals surface area contributed by atoms with Gasteiger partial charge in [0.2, 0.25) is 5.91 Å². The van der Waals surface area contributed by atoms with Crippen LogP contribution in [0.4, 0.5) is 23.7 Å². The van der Waals surface area contributed by atoms with Crippen molar-refractivity contribution in [3.63, 3.8) is 0 Å². The van der Waals surface area contributed by atoms with E-state index in [-0.39, 0.29) is 17.4 Å². The van der Waals surface area contributed by atoms with Crippen molar-refractivity contribution < 1.29 is 32.2 Å². The van der Waals surface area contributed by atoms with Gasteiger partial charge in [0.05, 0.1) is 24.2 Å². The van der Waals surface area contributed by atoms with Crippen LogP contribution in [0, 0.1) is 6.92 Å². The van der Waals surface area contributed by atoms with Crippen LogP contribution in [0.25, 0.3) is 17.1 Å². The molecule has 1 fully saturated rings. The number of amides is 3. The summed E-state index contributed by atoms with van der Waals surface area (Å²) in [6.07, 6.45) is -0.887. The number of anilines is 1. The van der Waals surface area contributed by atoms with Crippen LogP contribution >= 0.6 is 11.8 Å². The molecule has 3 aromatic carbocycles. The zero-order valence-corrected chi connectivity index (χ0v) is 25.2. The number of halogens is 3. The molecule has 0 unspecified atom stereocenters. The lowest BCUT2D eigenvalue weighted by molar-refractivity contribution is -0.274. The molecule has 0 radical (unpaired) electrons. The monoisotopic (exact) mass is 638 g/mol. The van der Waals surface area contributed by atoms with E-state index in [2.05, 4.69) is 25.1 Å². The Kier molecular flexibility index (Phi) is 9.71. The van der Waals surface area contributed by atoms with E-state index < -0.39 is 12.4 Å². The van der Waals surface area contributed by atoms with Crippen LogP contribution in [0.1, 0.15) is 24.0 Å². The van der Waals surface area contributed by atoms with Crippen molar-refractivity contribution in [2.45, 2.75) is 32.5 Å². The smallest absolute Gasteiger partial charge is 0.497 e. The molecule has 1 N–H and O–H groups in total. The van der Waals surface area contributed by atoms with Gasteiger partial charge in [-0.25, -0.2) is 14.5 Å². The lowest BCUT2D eigenvalue weighted by Gasteiger charge is -2.18. The molecule has 1 saturated heterocycles. The number of alkyl halides is 3. The minimum atomic E-state index is -4.75. The van der Waals surface area contributed by atoms with Gasteiger partial charge in [-0.1, -0.05) is 36.0 Å². The third-order valence-electron chi connectivity index (χ3n) is 6.81. The molecule has 10 nitrogen and oxygen atoms in total. The maximum absolute atomic E-state index is 12.5. The van der Waals surface area contributed by atoms with Gasteiger partial charge in [-0.05, 0) is 79.8 Å². The quantitative estimate of drug-likeness (QED) is 0.203. The number of aryl methyl sites for hydroxylation is 2. The topological polar surface area (TPSA) is 111 Å². The minimum Gasteiger partial charge on any atom is -0.497 e. The van der Waals surface area contributed by atoms with Crippen molar-refractivity contribution in [1.82, 2.24) is 20.1 Å². The van der Waals surface area contributed by atoms with Gasteiger partial charge in [0.25, 0.3) is 0 Å². The molecule has 1 aromatic heterocycles. The van der Waals surface area contributed by atoms with Crippen LogP contribution in [-0.4, -0.2) is 57.6 Å². The number of thioether (sulfide) groups is 1. The minimum absolute atomic E-state index is 0.136. The number of urea groups is 1. The van der Waals surface area contributed by atoms with Crippen molar-refractivity contribution in [3.05, 3.63) is 84.2 Å². The number of nitrogens with zero attached hydrogens (tertiary/aromatic N) is 5. The number of amidine groups is 1. The Hall–Kier alpha value is -4.85. The van der Waals surface area contributed by atoms with Crippen molar-refractivity contribution in [1.29, 1.82) is 0 Å². The summed E-state index contributed by atoms with van der Waals surface area (Å²) in [6, 6.07) is 18.0. The molecule has 0 spiro atoms. The summed E-state index contributed by atoms with van der Waals surface area (Å²) in [4.78, 5) is 35.0. The number of nitrogens with one attached hydrogen (secondary N) is 1. The average Bonchev–Trinajstić information content (AvgIpc) is 3.64. The Morgan fingerprint density at radius 1 is 1.04 bits per heavy atom. The summed E-state index contributed by atoms with van der Waals surface area (Å²) in [5.41, 5.74) is 3.95. The Morgan fingerprint density at radius 2 is 1.78 bits per heavy atom. The van der Waals surface area contributed by atoms with Crippen molar-refractivity contribution in [2.24, 2.45) is 4.99 Å². The highest BCUT2D eigenvalue weighted by Gasteiger charge is 2.32. The van der Waals surface area contributed by atoms with Crippen LogP contribution < -0.4 is 19.7 Å². The Labute approximate surface area is 261 Å². The summed E-state index contributed by atoms with van der Waals surface area (Å²) in [5, 5.41) is 7.57. The zero-order chi connectivity index (χ0) is 32.0. The molecular formula is C31H29F3N6O4S. The predicted molar refractivity (Wildman–Crippen MR) is 165 cm³/mol. The number of ether oxygens (including phenoxy) is 2. The molecule has 0 atom stereocenters. The van der Waals surface area contributed by atoms with Gasteiger partial charge >= 0.3 is 12.4 Å². The lowest BCUT2D eigenvalue weighted by atomic mass is 10.1. The number of aliphatic imine (C=N–C) groups is 1. The number of unbranched alkanes of at least 4 members (excludes halogenated alkanes) is 1. The summed E-state index contributed by atoms with van der Waals surface area (Å²) in [7, 11) is 1.58. The van der Waals surface area contributed by atoms with E-state index in [1.165, 1.54) is 51.9 Å². The first-order chi connectivity index (χ1) is 21.6. The zero-order valence-electron chi connectivity index (χ0n) is 24.4. The number of hydrogen-bond donors (Lipinski definition) is 1. The molecule has 14 heteroatoms. The normalized spacial score (nSPS) is 14.2. The number of hydrogen-bond acceptors (Lipinski definition) is 7. The van der Waals surface area contributed by atoms with Crippen LogP contribution in [0.5, 0.6) is 11.5 Å². The largest absolute Gasteiger partial charge is 0.573 e. The van der Waals surface area contributed by atoms with Crippen LogP contribution in [-0.2, 0) is 11.2 Å². The van der Waals surface area contributed by atoms with Gasteiger partial charge in [-0.2, -0.15) is 4.99 Å². The summed E-state index contributed by atoms with van der Waals surface area (Å²) >= 11 is 1.23. The van der Waals surface area contributed by atoms with E-state index in [9.17, 15) is 22.8 Å². The molecule has 0 aliphatic carbocycles. The van der Waals surface area contributed by atoms with E-state index in [1.54, 1.807) is 19.2 Å². The molecule has 234 valence electrons. The van der Waals surface area contributed by atoms with Crippen LogP contribution in [0.15, 0.2) is 78.0 Å².